The van der Waals surface area contributed by atoms with Crippen LogP contribution in [-0.4, -0.2) is 19.2 Å². The van der Waals surface area contributed by atoms with Crippen LogP contribution in [0.3, 0.4) is 0 Å². The second-order valence-corrected chi connectivity index (χ2v) is 6.19. The van der Waals surface area contributed by atoms with Crippen LogP contribution in [0.4, 0.5) is 5.69 Å². The van der Waals surface area contributed by atoms with Gasteiger partial charge in [0.25, 0.3) is 0 Å². The number of rotatable bonds is 2. The second kappa shape index (κ2) is 6.78. The normalized spacial score (nSPS) is 11.7. The van der Waals surface area contributed by atoms with Crippen molar-refractivity contribution in [3.05, 3.63) is 77.4 Å². The van der Waals surface area contributed by atoms with Crippen LogP contribution in [0.25, 0.3) is 10.8 Å². The third-order valence-electron chi connectivity index (χ3n) is 4.08. The van der Waals surface area contributed by atoms with Gasteiger partial charge in [-0.2, -0.15) is 0 Å². The molecule has 0 spiro atoms. The molecule has 0 saturated heterocycles. The summed E-state index contributed by atoms with van der Waals surface area (Å²) in [6, 6.07) is 20.4. The van der Waals surface area contributed by atoms with Gasteiger partial charge in [-0.15, -0.1) is 0 Å². The molecule has 0 aliphatic heterocycles. The van der Waals surface area contributed by atoms with Crippen LogP contribution in [0.2, 0.25) is 0 Å². The van der Waals surface area contributed by atoms with E-state index in [-0.39, 0.29) is 0 Å². The number of nitrogens with zero attached hydrogens (tertiary/aromatic N) is 1. The first-order valence-electron chi connectivity index (χ1n) is 8.04. The topological polar surface area (TPSA) is 23.5 Å². The minimum absolute atomic E-state index is 0.445. The number of hydrogen-bond acceptors (Lipinski definition) is 2. The van der Waals surface area contributed by atoms with E-state index in [4.69, 9.17) is 0 Å². The summed E-state index contributed by atoms with van der Waals surface area (Å²) in [7, 11) is 4.09. The molecule has 3 aromatic carbocycles. The number of aliphatic hydroxyl groups excluding tert-OH is 1. The number of anilines is 1. The molecule has 1 unspecified atom stereocenters. The van der Waals surface area contributed by atoms with E-state index in [0.717, 1.165) is 16.7 Å². The predicted octanol–water partition coefficient (Wildman–Crippen LogP) is 4.36. The highest BCUT2D eigenvalue weighted by molar-refractivity contribution is 5.87. The molecule has 120 valence electrons. The van der Waals surface area contributed by atoms with Gasteiger partial charge in [0.2, 0.25) is 0 Å². The van der Waals surface area contributed by atoms with Crippen LogP contribution in [0.1, 0.15) is 29.7 Å². The van der Waals surface area contributed by atoms with Crippen molar-refractivity contribution in [1.29, 1.82) is 0 Å². The molecule has 3 aromatic rings. The molecule has 2 nitrogen and oxygen atoms in total. The summed E-state index contributed by atoms with van der Waals surface area (Å²) < 4.78 is 0. The van der Waals surface area contributed by atoms with E-state index in [2.05, 4.69) is 53.1 Å². The first-order valence-corrected chi connectivity index (χ1v) is 8.04. The van der Waals surface area contributed by atoms with Crippen molar-refractivity contribution in [1.82, 2.24) is 0 Å². The molecular formula is C22H21NO. The van der Waals surface area contributed by atoms with Crippen molar-refractivity contribution in [2.24, 2.45) is 0 Å². The lowest BCUT2D eigenvalue weighted by Gasteiger charge is -2.13. The monoisotopic (exact) mass is 315 g/mol. The van der Waals surface area contributed by atoms with Crippen molar-refractivity contribution >= 4 is 16.5 Å². The second-order valence-electron chi connectivity index (χ2n) is 6.19. The average molecular weight is 315 g/mol. The third kappa shape index (κ3) is 3.59. The Morgan fingerprint density at radius 3 is 2.04 bits per heavy atom. The van der Waals surface area contributed by atoms with Gasteiger partial charge in [-0.3, -0.25) is 0 Å². The van der Waals surface area contributed by atoms with Crippen LogP contribution < -0.4 is 4.90 Å². The summed E-state index contributed by atoms with van der Waals surface area (Å²) in [5, 5.41) is 11.9. The van der Waals surface area contributed by atoms with Crippen LogP contribution in [0, 0.1) is 11.8 Å². The molecule has 0 bridgehead atoms. The molecular weight excluding hydrogens is 294 g/mol. The Hall–Kier alpha value is -2.76. The maximum atomic E-state index is 9.54. The molecule has 0 saturated carbocycles. The van der Waals surface area contributed by atoms with Crippen molar-refractivity contribution in [3.8, 4) is 11.8 Å². The van der Waals surface area contributed by atoms with Gasteiger partial charge < -0.3 is 10.0 Å². The zero-order chi connectivity index (χ0) is 17.1. The fourth-order valence-corrected chi connectivity index (χ4v) is 2.58. The van der Waals surface area contributed by atoms with E-state index < -0.39 is 6.10 Å². The number of hydrogen-bond donors (Lipinski definition) is 1. The predicted molar refractivity (Wildman–Crippen MR) is 101 cm³/mol. The van der Waals surface area contributed by atoms with E-state index in [0.29, 0.717) is 0 Å². The number of benzene rings is 3. The quantitative estimate of drug-likeness (QED) is 0.710. The molecule has 1 N–H and O–H groups in total. The highest BCUT2D eigenvalue weighted by Crippen LogP contribution is 2.22. The van der Waals surface area contributed by atoms with E-state index >= 15 is 0 Å². The largest absolute Gasteiger partial charge is 0.389 e. The molecule has 3 rings (SSSR count). The Labute approximate surface area is 143 Å². The van der Waals surface area contributed by atoms with E-state index in [9.17, 15) is 5.11 Å². The Bertz CT molecular complexity index is 912. The van der Waals surface area contributed by atoms with Crippen LogP contribution in [0.15, 0.2) is 60.7 Å². The van der Waals surface area contributed by atoms with Gasteiger partial charge in [-0.1, -0.05) is 36.1 Å². The van der Waals surface area contributed by atoms with E-state index in [1.54, 1.807) is 6.92 Å². The standard InChI is InChI=1S/C22H21NO/c1-16(24)19-9-6-17(7-10-19)4-5-18-8-11-21-15-22(23(2)3)13-12-20(21)14-18/h6-16,24H,1-3H3. The summed E-state index contributed by atoms with van der Waals surface area (Å²) in [4.78, 5) is 2.10. The van der Waals surface area contributed by atoms with Crippen LogP contribution >= 0.6 is 0 Å². The maximum absolute atomic E-state index is 9.54. The minimum atomic E-state index is -0.445. The Morgan fingerprint density at radius 2 is 1.38 bits per heavy atom. The summed E-state index contributed by atoms with van der Waals surface area (Å²) in [5.74, 6) is 6.40. The fourth-order valence-electron chi connectivity index (χ4n) is 2.58. The van der Waals surface area contributed by atoms with Crippen molar-refractivity contribution in [3.63, 3.8) is 0 Å². The molecule has 0 aliphatic rings. The number of fused-ring (bicyclic) bond motifs is 1. The first kappa shape index (κ1) is 16.1. The SMILES string of the molecule is CC(O)c1ccc(C#Cc2ccc3cc(N(C)C)ccc3c2)cc1. The zero-order valence-corrected chi connectivity index (χ0v) is 14.2. The van der Waals surface area contributed by atoms with E-state index in [1.807, 2.05) is 38.4 Å². The molecule has 0 aliphatic carbocycles. The molecule has 1 atom stereocenters. The average Bonchev–Trinajstić information content (AvgIpc) is 2.59. The smallest absolute Gasteiger partial charge is 0.0761 e. The minimum Gasteiger partial charge on any atom is -0.389 e. The van der Waals surface area contributed by atoms with Crippen LogP contribution in [-0.2, 0) is 0 Å². The van der Waals surface area contributed by atoms with Gasteiger partial charge in [0.05, 0.1) is 6.10 Å². The van der Waals surface area contributed by atoms with Gasteiger partial charge in [0, 0.05) is 30.9 Å². The first-order chi connectivity index (χ1) is 11.5. The van der Waals surface area contributed by atoms with Gasteiger partial charge in [-0.25, -0.2) is 0 Å². The molecule has 2 heteroatoms. The van der Waals surface area contributed by atoms with E-state index in [1.165, 1.54) is 16.5 Å². The molecule has 0 heterocycles. The maximum Gasteiger partial charge on any atom is 0.0761 e. The molecule has 0 aromatic heterocycles. The van der Waals surface area contributed by atoms with Crippen LogP contribution in [0.5, 0.6) is 0 Å². The van der Waals surface area contributed by atoms with Gasteiger partial charge in [0.15, 0.2) is 0 Å². The van der Waals surface area contributed by atoms with Gasteiger partial charge in [0.1, 0.15) is 0 Å². The third-order valence-corrected chi connectivity index (χ3v) is 4.08. The van der Waals surface area contributed by atoms with Gasteiger partial charge in [-0.05, 0) is 59.7 Å². The summed E-state index contributed by atoms with van der Waals surface area (Å²) in [6.45, 7) is 1.76. The van der Waals surface area contributed by atoms with Crippen molar-refractivity contribution in [2.75, 3.05) is 19.0 Å². The molecule has 0 radical (unpaired) electrons. The van der Waals surface area contributed by atoms with Crippen molar-refractivity contribution in [2.45, 2.75) is 13.0 Å². The molecule has 0 amide bonds. The lowest BCUT2D eigenvalue weighted by atomic mass is 10.1. The Balaban J connectivity index is 1.87. The lowest BCUT2D eigenvalue weighted by Crippen LogP contribution is -2.07. The van der Waals surface area contributed by atoms with Crippen molar-refractivity contribution < 1.29 is 5.11 Å². The number of aliphatic hydroxyl groups is 1. The fraction of sp³-hybridized carbons (Fsp3) is 0.182. The Morgan fingerprint density at radius 1 is 0.792 bits per heavy atom. The highest BCUT2D eigenvalue weighted by Gasteiger charge is 2.00. The highest BCUT2D eigenvalue weighted by atomic mass is 16.3. The molecule has 0 fully saturated rings. The van der Waals surface area contributed by atoms with Gasteiger partial charge >= 0.3 is 0 Å². The lowest BCUT2D eigenvalue weighted by molar-refractivity contribution is 0.199. The summed E-state index contributed by atoms with van der Waals surface area (Å²) >= 11 is 0. The zero-order valence-electron chi connectivity index (χ0n) is 14.2. The summed E-state index contributed by atoms with van der Waals surface area (Å²) in [5.41, 5.74) is 4.05. The molecule has 24 heavy (non-hydrogen) atoms. The summed E-state index contributed by atoms with van der Waals surface area (Å²) in [6.07, 6.45) is -0.445. The Kier molecular flexibility index (Phi) is 4.55.